The highest BCUT2D eigenvalue weighted by Gasteiger charge is 2.26. The van der Waals surface area contributed by atoms with E-state index in [0.717, 1.165) is 30.3 Å². The van der Waals surface area contributed by atoms with E-state index in [-0.39, 0.29) is 12.5 Å². The highest BCUT2D eigenvalue weighted by molar-refractivity contribution is 8.00. The van der Waals surface area contributed by atoms with Crippen LogP contribution in [-0.4, -0.2) is 48.3 Å². The van der Waals surface area contributed by atoms with Gasteiger partial charge >= 0.3 is 0 Å². The number of halogens is 3. The zero-order valence-corrected chi connectivity index (χ0v) is 18.3. The van der Waals surface area contributed by atoms with E-state index in [4.69, 9.17) is 0 Å². The number of thioether (sulfide) groups is 1. The Morgan fingerprint density at radius 3 is 2.70 bits per heavy atom. The summed E-state index contributed by atoms with van der Waals surface area (Å²) in [5, 5.41) is 10.2. The van der Waals surface area contributed by atoms with Crippen molar-refractivity contribution < 1.29 is 22.8 Å². The van der Waals surface area contributed by atoms with Crippen LogP contribution in [0.5, 0.6) is 0 Å². The Balaban J connectivity index is 1.56. The summed E-state index contributed by atoms with van der Waals surface area (Å²) in [6.45, 7) is 2.41. The normalized spacial score (nSPS) is 14.5. The third-order valence-corrected chi connectivity index (χ3v) is 6.07. The van der Waals surface area contributed by atoms with Gasteiger partial charge in [-0.25, -0.2) is 18.2 Å². The summed E-state index contributed by atoms with van der Waals surface area (Å²) in [7, 11) is 0. The number of nitrogens with one attached hydrogen (secondary N) is 1. The Bertz CT molecular complexity index is 1190. The van der Waals surface area contributed by atoms with Gasteiger partial charge in [-0.2, -0.15) is 0 Å². The van der Waals surface area contributed by atoms with Crippen molar-refractivity contribution in [2.24, 2.45) is 0 Å². The maximum Gasteiger partial charge on any atom is 0.237 e. The summed E-state index contributed by atoms with van der Waals surface area (Å²) in [5.74, 6) is -4.12. The van der Waals surface area contributed by atoms with Crippen LogP contribution in [0.25, 0.3) is 5.82 Å². The molecule has 1 fully saturated rings. The molecule has 1 atom stereocenters. The number of hydrogen-bond acceptors (Lipinski definition) is 6. The largest absolute Gasteiger partial charge is 0.335 e. The number of benzene rings is 1. The topological polar surface area (TPSA) is 93.0 Å². The van der Waals surface area contributed by atoms with Crippen molar-refractivity contribution >= 4 is 29.3 Å². The highest BCUT2D eigenvalue weighted by atomic mass is 32.2. The monoisotopic (exact) mass is 476 g/mol. The summed E-state index contributed by atoms with van der Waals surface area (Å²) in [6, 6.07) is 6.95. The molecule has 4 rings (SSSR count). The lowest BCUT2D eigenvalue weighted by atomic mass is 10.2. The number of anilines is 1. The third kappa shape index (κ3) is 4.85. The molecule has 0 radical (unpaired) electrons. The highest BCUT2D eigenvalue weighted by Crippen LogP contribution is 2.28. The molecular weight excluding hydrogens is 457 g/mol. The van der Waals surface area contributed by atoms with Gasteiger partial charge in [-0.1, -0.05) is 17.8 Å². The Hall–Kier alpha value is -3.41. The molecule has 3 aromatic rings. The maximum atomic E-state index is 13.9. The predicted molar refractivity (Wildman–Crippen MR) is 114 cm³/mol. The molecule has 2 aromatic heterocycles. The molecule has 1 aliphatic heterocycles. The number of aromatic nitrogens is 4. The molecule has 1 unspecified atom stereocenters. The first-order chi connectivity index (χ1) is 15.8. The van der Waals surface area contributed by atoms with Gasteiger partial charge in [0.05, 0.1) is 17.5 Å². The second kappa shape index (κ2) is 9.61. The Morgan fingerprint density at radius 1 is 1.18 bits per heavy atom. The van der Waals surface area contributed by atoms with E-state index in [0.29, 0.717) is 29.8 Å². The summed E-state index contributed by atoms with van der Waals surface area (Å²) in [6.07, 6.45) is 2.85. The van der Waals surface area contributed by atoms with Gasteiger partial charge in [-0.3, -0.25) is 14.2 Å². The molecule has 0 saturated carbocycles. The molecule has 3 heterocycles. The van der Waals surface area contributed by atoms with E-state index in [1.165, 1.54) is 0 Å². The van der Waals surface area contributed by atoms with Gasteiger partial charge in [0.2, 0.25) is 11.8 Å². The quantitative estimate of drug-likeness (QED) is 0.416. The summed E-state index contributed by atoms with van der Waals surface area (Å²) in [4.78, 5) is 30.7. The standard InChI is InChI=1S/C21H19F3N6O2S/c1-12(20(32)26-14-8-7-13(22)18(23)19(14)24)33-21-28-27-16(11-29-10-4-6-17(29)31)30(21)15-5-2-3-9-25-15/h2-3,5,7-9,12H,4,6,10-11H2,1H3,(H,26,32). The molecule has 2 amide bonds. The van der Waals surface area contributed by atoms with Crippen molar-refractivity contribution in [3.8, 4) is 5.82 Å². The Kier molecular flexibility index (Phi) is 6.63. The first-order valence-electron chi connectivity index (χ1n) is 10.1. The lowest BCUT2D eigenvalue weighted by Crippen LogP contribution is -2.26. The minimum Gasteiger partial charge on any atom is -0.335 e. The van der Waals surface area contributed by atoms with E-state index < -0.39 is 34.3 Å². The molecule has 0 bridgehead atoms. The van der Waals surface area contributed by atoms with Crippen molar-refractivity contribution in [1.82, 2.24) is 24.6 Å². The Morgan fingerprint density at radius 2 is 2.00 bits per heavy atom. The summed E-state index contributed by atoms with van der Waals surface area (Å²) >= 11 is 1.03. The van der Waals surface area contributed by atoms with E-state index in [1.807, 2.05) is 0 Å². The van der Waals surface area contributed by atoms with Crippen molar-refractivity contribution in [2.75, 3.05) is 11.9 Å². The predicted octanol–water partition coefficient (Wildman–Crippen LogP) is 3.32. The molecule has 0 spiro atoms. The van der Waals surface area contributed by atoms with E-state index in [2.05, 4.69) is 20.5 Å². The van der Waals surface area contributed by atoms with Crippen LogP contribution in [-0.2, 0) is 16.1 Å². The number of carbonyl (C=O) groups is 2. The minimum atomic E-state index is -1.66. The number of pyridine rings is 1. The number of nitrogens with zero attached hydrogens (tertiary/aromatic N) is 5. The molecule has 172 valence electrons. The number of rotatable bonds is 7. The fourth-order valence-corrected chi connectivity index (χ4v) is 4.18. The lowest BCUT2D eigenvalue weighted by Gasteiger charge is -2.17. The number of amides is 2. The van der Waals surface area contributed by atoms with Crippen LogP contribution in [0.4, 0.5) is 18.9 Å². The van der Waals surface area contributed by atoms with Crippen LogP contribution in [0, 0.1) is 17.5 Å². The van der Waals surface area contributed by atoms with Gasteiger partial charge < -0.3 is 10.2 Å². The smallest absolute Gasteiger partial charge is 0.237 e. The van der Waals surface area contributed by atoms with Gasteiger partial charge in [-0.15, -0.1) is 10.2 Å². The third-order valence-electron chi connectivity index (χ3n) is 5.03. The second-order valence-electron chi connectivity index (χ2n) is 7.31. The number of carbonyl (C=O) groups excluding carboxylic acids is 2. The molecule has 12 heteroatoms. The van der Waals surface area contributed by atoms with Crippen LogP contribution in [0.15, 0.2) is 41.7 Å². The average Bonchev–Trinajstić information content (AvgIpc) is 3.40. The van der Waals surface area contributed by atoms with Crippen LogP contribution in [0.1, 0.15) is 25.6 Å². The lowest BCUT2D eigenvalue weighted by molar-refractivity contribution is -0.128. The summed E-state index contributed by atoms with van der Waals surface area (Å²) < 4.78 is 42.2. The molecule has 33 heavy (non-hydrogen) atoms. The molecular formula is C21H19F3N6O2S. The molecule has 8 nitrogen and oxygen atoms in total. The maximum absolute atomic E-state index is 13.9. The second-order valence-corrected chi connectivity index (χ2v) is 8.62. The van der Waals surface area contributed by atoms with Crippen LogP contribution < -0.4 is 5.32 Å². The van der Waals surface area contributed by atoms with Crippen molar-refractivity contribution in [3.05, 3.63) is 59.8 Å². The zero-order chi connectivity index (χ0) is 23.5. The summed E-state index contributed by atoms with van der Waals surface area (Å²) in [5.41, 5.74) is -0.467. The van der Waals surface area contributed by atoms with Crippen LogP contribution >= 0.6 is 11.8 Å². The molecule has 1 N–H and O–H groups in total. The fourth-order valence-electron chi connectivity index (χ4n) is 3.31. The Labute approximate surface area is 191 Å². The van der Waals surface area contributed by atoms with E-state index >= 15 is 0 Å². The fraction of sp³-hybridized carbons (Fsp3) is 0.286. The zero-order valence-electron chi connectivity index (χ0n) is 17.5. The molecule has 1 aliphatic rings. The number of hydrogen-bond donors (Lipinski definition) is 1. The minimum absolute atomic E-state index is 0.0288. The van der Waals surface area contributed by atoms with Gasteiger partial charge in [0.15, 0.2) is 28.4 Å². The van der Waals surface area contributed by atoms with E-state index in [9.17, 15) is 22.8 Å². The van der Waals surface area contributed by atoms with Gasteiger partial charge in [0, 0.05) is 19.2 Å². The average molecular weight is 476 g/mol. The van der Waals surface area contributed by atoms with Crippen molar-refractivity contribution in [2.45, 2.75) is 36.7 Å². The number of likely N-dealkylation sites (tertiary alicyclic amines) is 1. The molecule has 1 aromatic carbocycles. The van der Waals surface area contributed by atoms with Gasteiger partial charge in [0.1, 0.15) is 5.82 Å². The van der Waals surface area contributed by atoms with Crippen molar-refractivity contribution in [1.29, 1.82) is 0 Å². The SMILES string of the molecule is CC(Sc1nnc(CN2CCCC2=O)n1-c1ccccn1)C(=O)Nc1ccc(F)c(F)c1F. The van der Waals surface area contributed by atoms with Crippen molar-refractivity contribution in [3.63, 3.8) is 0 Å². The van der Waals surface area contributed by atoms with E-state index in [1.54, 1.807) is 40.8 Å². The molecule has 1 saturated heterocycles. The first kappa shape index (κ1) is 22.8. The van der Waals surface area contributed by atoms with Gasteiger partial charge in [0.25, 0.3) is 0 Å². The van der Waals surface area contributed by atoms with Crippen LogP contribution in [0.2, 0.25) is 0 Å². The first-order valence-corrected chi connectivity index (χ1v) is 11.0. The molecule has 0 aliphatic carbocycles. The van der Waals surface area contributed by atoms with Crippen LogP contribution in [0.3, 0.4) is 0 Å². The van der Waals surface area contributed by atoms with Gasteiger partial charge in [-0.05, 0) is 37.6 Å².